The fourth-order valence-corrected chi connectivity index (χ4v) is 1.49. The molecule has 1 fully saturated rings. The topological polar surface area (TPSA) is 33.2 Å². The molecule has 1 aromatic rings. The SMILES string of the molecule is CC(=O)C1CN(c2cccnc2)C1. The Morgan fingerprint density at radius 3 is 2.92 bits per heavy atom. The van der Waals surface area contributed by atoms with Gasteiger partial charge in [-0.05, 0) is 19.1 Å². The fraction of sp³-hybridized carbons (Fsp3) is 0.400. The third-order valence-corrected chi connectivity index (χ3v) is 2.47. The summed E-state index contributed by atoms with van der Waals surface area (Å²) in [6.45, 7) is 3.35. The van der Waals surface area contributed by atoms with Crippen molar-refractivity contribution in [2.45, 2.75) is 6.92 Å². The van der Waals surface area contributed by atoms with E-state index in [4.69, 9.17) is 0 Å². The first kappa shape index (κ1) is 8.23. The zero-order valence-corrected chi connectivity index (χ0v) is 7.60. The summed E-state index contributed by atoms with van der Waals surface area (Å²) in [5.41, 5.74) is 1.11. The molecule has 2 rings (SSSR count). The van der Waals surface area contributed by atoms with Gasteiger partial charge in [0, 0.05) is 19.3 Å². The molecule has 0 amide bonds. The first-order chi connectivity index (χ1) is 6.27. The van der Waals surface area contributed by atoms with E-state index in [9.17, 15) is 4.79 Å². The van der Waals surface area contributed by atoms with E-state index in [0.717, 1.165) is 18.8 Å². The molecule has 0 atom stereocenters. The normalized spacial score (nSPS) is 16.8. The summed E-state index contributed by atoms with van der Waals surface area (Å²) in [6.07, 6.45) is 3.59. The molecule has 1 saturated heterocycles. The van der Waals surface area contributed by atoms with Gasteiger partial charge in [0.05, 0.1) is 17.8 Å². The van der Waals surface area contributed by atoms with Gasteiger partial charge in [-0.2, -0.15) is 0 Å². The zero-order chi connectivity index (χ0) is 9.26. The summed E-state index contributed by atoms with van der Waals surface area (Å²) in [7, 11) is 0. The zero-order valence-electron chi connectivity index (χ0n) is 7.60. The summed E-state index contributed by atoms with van der Waals surface area (Å²) in [5.74, 6) is 0.528. The van der Waals surface area contributed by atoms with Crippen molar-refractivity contribution in [1.82, 2.24) is 4.98 Å². The number of pyridine rings is 1. The lowest BCUT2D eigenvalue weighted by Gasteiger charge is -2.39. The number of nitrogens with zero attached hydrogens (tertiary/aromatic N) is 2. The van der Waals surface area contributed by atoms with Crippen molar-refractivity contribution < 1.29 is 4.79 Å². The minimum Gasteiger partial charge on any atom is -0.369 e. The summed E-state index contributed by atoms with van der Waals surface area (Å²) in [5, 5.41) is 0. The first-order valence-corrected chi connectivity index (χ1v) is 4.43. The number of anilines is 1. The number of Topliss-reactive ketones (excluding diaryl/α,β-unsaturated/α-hetero) is 1. The predicted molar refractivity (Wildman–Crippen MR) is 50.6 cm³/mol. The molecule has 0 radical (unpaired) electrons. The number of carbonyl (C=O) groups excluding carboxylic acids is 1. The second kappa shape index (κ2) is 3.17. The van der Waals surface area contributed by atoms with Gasteiger partial charge < -0.3 is 4.90 Å². The summed E-state index contributed by atoms with van der Waals surface area (Å²) >= 11 is 0. The van der Waals surface area contributed by atoms with Gasteiger partial charge in [-0.3, -0.25) is 9.78 Å². The molecule has 0 spiro atoms. The van der Waals surface area contributed by atoms with Gasteiger partial charge in [-0.25, -0.2) is 0 Å². The number of hydrogen-bond donors (Lipinski definition) is 0. The highest BCUT2D eigenvalue weighted by molar-refractivity contribution is 5.81. The van der Waals surface area contributed by atoms with Crippen molar-refractivity contribution in [2.24, 2.45) is 5.92 Å². The second-order valence-corrected chi connectivity index (χ2v) is 3.42. The standard InChI is InChI=1S/C10H12N2O/c1-8(13)9-6-12(7-9)10-3-2-4-11-5-10/h2-5,9H,6-7H2,1H3. The van der Waals surface area contributed by atoms with Crippen molar-refractivity contribution in [2.75, 3.05) is 18.0 Å². The van der Waals surface area contributed by atoms with E-state index in [0.29, 0.717) is 5.78 Å². The van der Waals surface area contributed by atoms with Gasteiger partial charge in [0.25, 0.3) is 0 Å². The molecule has 13 heavy (non-hydrogen) atoms. The number of carbonyl (C=O) groups is 1. The summed E-state index contributed by atoms with van der Waals surface area (Å²) in [6, 6.07) is 3.93. The third kappa shape index (κ3) is 1.54. The number of aromatic nitrogens is 1. The third-order valence-electron chi connectivity index (χ3n) is 2.47. The predicted octanol–water partition coefficient (Wildman–Crippen LogP) is 1.11. The fourth-order valence-electron chi connectivity index (χ4n) is 1.49. The van der Waals surface area contributed by atoms with E-state index in [1.54, 1.807) is 13.1 Å². The van der Waals surface area contributed by atoms with Crippen molar-refractivity contribution in [1.29, 1.82) is 0 Å². The lowest BCUT2D eigenvalue weighted by Crippen LogP contribution is -2.49. The molecule has 1 aromatic heterocycles. The Bertz CT molecular complexity index is 304. The Morgan fingerprint density at radius 1 is 1.62 bits per heavy atom. The molecule has 0 N–H and O–H groups in total. The average Bonchev–Trinajstić information content (AvgIpc) is 2.02. The minimum absolute atomic E-state index is 0.236. The minimum atomic E-state index is 0.236. The molecule has 2 heterocycles. The summed E-state index contributed by atoms with van der Waals surface area (Å²) < 4.78 is 0. The molecule has 0 aliphatic carbocycles. The molecule has 0 bridgehead atoms. The maximum absolute atomic E-state index is 11.0. The van der Waals surface area contributed by atoms with Crippen LogP contribution in [0.25, 0.3) is 0 Å². The van der Waals surface area contributed by atoms with Crippen LogP contribution in [-0.2, 0) is 4.79 Å². The molecule has 68 valence electrons. The molecule has 3 nitrogen and oxygen atoms in total. The van der Waals surface area contributed by atoms with Gasteiger partial charge >= 0.3 is 0 Å². The molecule has 0 aromatic carbocycles. The lowest BCUT2D eigenvalue weighted by atomic mass is 9.96. The smallest absolute Gasteiger partial charge is 0.136 e. The van der Waals surface area contributed by atoms with E-state index in [-0.39, 0.29) is 5.92 Å². The first-order valence-electron chi connectivity index (χ1n) is 4.43. The maximum atomic E-state index is 11.0. The highest BCUT2D eigenvalue weighted by Gasteiger charge is 2.29. The van der Waals surface area contributed by atoms with Crippen LogP contribution in [0.1, 0.15) is 6.92 Å². The highest BCUT2D eigenvalue weighted by Crippen LogP contribution is 2.23. The molecule has 0 unspecified atom stereocenters. The second-order valence-electron chi connectivity index (χ2n) is 3.42. The quantitative estimate of drug-likeness (QED) is 0.676. The van der Waals surface area contributed by atoms with Crippen LogP contribution in [0.4, 0.5) is 5.69 Å². The van der Waals surface area contributed by atoms with Crippen LogP contribution in [0, 0.1) is 5.92 Å². The van der Waals surface area contributed by atoms with Crippen LogP contribution < -0.4 is 4.90 Å². The van der Waals surface area contributed by atoms with Gasteiger partial charge in [0.2, 0.25) is 0 Å². The van der Waals surface area contributed by atoms with Gasteiger partial charge in [-0.1, -0.05) is 0 Å². The van der Waals surface area contributed by atoms with Crippen LogP contribution in [0.5, 0.6) is 0 Å². The Hall–Kier alpha value is -1.38. The van der Waals surface area contributed by atoms with Crippen LogP contribution in [0.2, 0.25) is 0 Å². The monoisotopic (exact) mass is 176 g/mol. The molecule has 1 aliphatic rings. The van der Waals surface area contributed by atoms with Gasteiger partial charge in [0.15, 0.2) is 0 Å². The average molecular weight is 176 g/mol. The van der Waals surface area contributed by atoms with Crippen LogP contribution >= 0.6 is 0 Å². The highest BCUT2D eigenvalue weighted by atomic mass is 16.1. The Balaban J connectivity index is 1.98. The maximum Gasteiger partial charge on any atom is 0.136 e. The van der Waals surface area contributed by atoms with Crippen molar-refractivity contribution in [3.05, 3.63) is 24.5 Å². The Labute approximate surface area is 77.4 Å². The van der Waals surface area contributed by atoms with Crippen molar-refractivity contribution in [3.63, 3.8) is 0 Å². The van der Waals surface area contributed by atoms with Crippen LogP contribution in [-0.4, -0.2) is 23.9 Å². The molecule has 1 aliphatic heterocycles. The molecular formula is C10H12N2O. The Morgan fingerprint density at radius 2 is 2.38 bits per heavy atom. The van der Waals surface area contributed by atoms with E-state index < -0.39 is 0 Å². The molecular weight excluding hydrogens is 164 g/mol. The summed E-state index contributed by atoms with van der Waals surface area (Å²) in [4.78, 5) is 17.2. The van der Waals surface area contributed by atoms with Crippen molar-refractivity contribution >= 4 is 11.5 Å². The van der Waals surface area contributed by atoms with E-state index in [1.807, 2.05) is 18.3 Å². The van der Waals surface area contributed by atoms with Crippen molar-refractivity contribution in [3.8, 4) is 0 Å². The largest absolute Gasteiger partial charge is 0.369 e. The molecule has 0 saturated carbocycles. The number of hydrogen-bond acceptors (Lipinski definition) is 3. The van der Waals surface area contributed by atoms with E-state index in [2.05, 4.69) is 9.88 Å². The van der Waals surface area contributed by atoms with Crippen LogP contribution in [0.15, 0.2) is 24.5 Å². The van der Waals surface area contributed by atoms with E-state index >= 15 is 0 Å². The van der Waals surface area contributed by atoms with Gasteiger partial charge in [-0.15, -0.1) is 0 Å². The lowest BCUT2D eigenvalue weighted by molar-refractivity contribution is -0.121. The number of ketones is 1. The van der Waals surface area contributed by atoms with E-state index in [1.165, 1.54) is 0 Å². The number of rotatable bonds is 2. The molecule has 3 heteroatoms. The van der Waals surface area contributed by atoms with Crippen LogP contribution in [0.3, 0.4) is 0 Å². The Kier molecular flexibility index (Phi) is 2.00. The van der Waals surface area contributed by atoms with Gasteiger partial charge in [0.1, 0.15) is 5.78 Å².